The minimum absolute atomic E-state index is 0.0619. The number of hydrogen-bond acceptors (Lipinski definition) is 2. The third-order valence-electron chi connectivity index (χ3n) is 3.17. The minimum atomic E-state index is 0.0619. The average molecular weight is 219 g/mol. The number of rotatable bonds is 6. The van der Waals surface area contributed by atoms with Crippen LogP contribution in [-0.4, -0.2) is 12.6 Å². The van der Waals surface area contributed by atoms with Crippen molar-refractivity contribution in [2.75, 3.05) is 6.61 Å². The van der Waals surface area contributed by atoms with Crippen LogP contribution >= 0.6 is 0 Å². The van der Waals surface area contributed by atoms with Crippen molar-refractivity contribution in [1.29, 1.82) is 0 Å². The molecule has 1 aliphatic rings. The van der Waals surface area contributed by atoms with Gasteiger partial charge in [-0.25, -0.2) is 0 Å². The first kappa shape index (κ1) is 11.6. The highest BCUT2D eigenvalue weighted by Crippen LogP contribution is 2.36. The van der Waals surface area contributed by atoms with Crippen molar-refractivity contribution in [1.82, 2.24) is 0 Å². The van der Waals surface area contributed by atoms with Crippen LogP contribution in [0.4, 0.5) is 0 Å². The normalized spacial score (nSPS) is 19.4. The van der Waals surface area contributed by atoms with Crippen LogP contribution < -0.4 is 5.73 Å². The zero-order valence-corrected chi connectivity index (χ0v) is 9.93. The van der Waals surface area contributed by atoms with Crippen molar-refractivity contribution in [3.63, 3.8) is 0 Å². The number of ether oxygens (including phenoxy) is 1. The molecular weight excluding hydrogens is 198 g/mol. The molecule has 0 heterocycles. The highest BCUT2D eigenvalue weighted by molar-refractivity contribution is 5.19. The summed E-state index contributed by atoms with van der Waals surface area (Å²) in [6.45, 7) is 2.75. The number of nitrogens with two attached hydrogens (primary N) is 1. The van der Waals surface area contributed by atoms with Crippen molar-refractivity contribution >= 4 is 0 Å². The van der Waals surface area contributed by atoms with Crippen molar-refractivity contribution in [3.8, 4) is 0 Å². The van der Waals surface area contributed by atoms with Gasteiger partial charge in [-0.1, -0.05) is 43.2 Å². The third kappa shape index (κ3) is 3.06. The molecule has 1 aromatic rings. The van der Waals surface area contributed by atoms with E-state index in [9.17, 15) is 0 Å². The van der Waals surface area contributed by atoms with Gasteiger partial charge >= 0.3 is 0 Å². The van der Waals surface area contributed by atoms with Crippen LogP contribution in [0.25, 0.3) is 0 Å². The summed E-state index contributed by atoms with van der Waals surface area (Å²) >= 11 is 0. The van der Waals surface area contributed by atoms with Gasteiger partial charge in [0.1, 0.15) is 0 Å². The predicted octanol–water partition coefficient (Wildman–Crippen LogP) is 2.89. The molecule has 0 amide bonds. The van der Waals surface area contributed by atoms with E-state index in [-0.39, 0.29) is 12.1 Å². The molecule has 1 aromatic carbocycles. The van der Waals surface area contributed by atoms with Crippen LogP contribution in [0.2, 0.25) is 0 Å². The maximum Gasteiger partial charge on any atom is 0.0975 e. The van der Waals surface area contributed by atoms with E-state index in [2.05, 4.69) is 12.1 Å². The SMILES string of the molecule is CCOC(c1ccccc1)C(N)CC1CC1. The van der Waals surface area contributed by atoms with Gasteiger partial charge in [0, 0.05) is 12.6 Å². The fourth-order valence-corrected chi connectivity index (χ4v) is 2.15. The topological polar surface area (TPSA) is 35.2 Å². The molecule has 2 unspecified atom stereocenters. The second kappa shape index (κ2) is 5.46. The quantitative estimate of drug-likeness (QED) is 0.798. The Morgan fingerprint density at radius 2 is 2.00 bits per heavy atom. The molecule has 2 atom stereocenters. The highest BCUT2D eigenvalue weighted by Gasteiger charge is 2.28. The first-order valence-corrected chi connectivity index (χ1v) is 6.23. The van der Waals surface area contributed by atoms with Gasteiger partial charge in [0.2, 0.25) is 0 Å². The first-order chi connectivity index (χ1) is 7.81. The fraction of sp³-hybridized carbons (Fsp3) is 0.571. The second-order valence-electron chi connectivity index (χ2n) is 4.63. The minimum Gasteiger partial charge on any atom is -0.372 e. The lowest BCUT2D eigenvalue weighted by molar-refractivity contribution is 0.0399. The van der Waals surface area contributed by atoms with Crippen LogP contribution in [0, 0.1) is 5.92 Å². The summed E-state index contributed by atoms with van der Waals surface area (Å²) in [7, 11) is 0. The molecule has 0 radical (unpaired) electrons. The molecule has 0 aliphatic heterocycles. The maximum atomic E-state index is 6.25. The Bertz CT molecular complexity index is 308. The van der Waals surface area contributed by atoms with E-state index in [1.54, 1.807) is 0 Å². The van der Waals surface area contributed by atoms with Crippen LogP contribution in [0.15, 0.2) is 30.3 Å². The third-order valence-corrected chi connectivity index (χ3v) is 3.17. The summed E-state index contributed by atoms with van der Waals surface area (Å²) in [5.74, 6) is 0.849. The van der Waals surface area contributed by atoms with E-state index in [1.807, 2.05) is 25.1 Å². The van der Waals surface area contributed by atoms with Gasteiger partial charge in [-0.05, 0) is 24.8 Å². The zero-order valence-electron chi connectivity index (χ0n) is 9.93. The Kier molecular flexibility index (Phi) is 3.97. The van der Waals surface area contributed by atoms with Crippen molar-refractivity contribution < 1.29 is 4.74 Å². The van der Waals surface area contributed by atoms with Gasteiger partial charge < -0.3 is 10.5 Å². The number of benzene rings is 1. The van der Waals surface area contributed by atoms with Gasteiger partial charge in [-0.15, -0.1) is 0 Å². The smallest absolute Gasteiger partial charge is 0.0975 e. The fourth-order valence-electron chi connectivity index (χ4n) is 2.15. The maximum absolute atomic E-state index is 6.25. The summed E-state index contributed by atoms with van der Waals surface area (Å²) in [5, 5.41) is 0. The van der Waals surface area contributed by atoms with Crippen LogP contribution in [-0.2, 0) is 4.74 Å². The van der Waals surface area contributed by atoms with Crippen LogP contribution in [0.1, 0.15) is 37.9 Å². The molecule has 0 spiro atoms. The lowest BCUT2D eigenvalue weighted by Crippen LogP contribution is -2.30. The Morgan fingerprint density at radius 3 is 2.56 bits per heavy atom. The lowest BCUT2D eigenvalue weighted by atomic mass is 9.98. The van der Waals surface area contributed by atoms with Crippen molar-refractivity contribution in [2.24, 2.45) is 11.7 Å². The molecule has 16 heavy (non-hydrogen) atoms. The molecule has 2 nitrogen and oxygen atoms in total. The van der Waals surface area contributed by atoms with E-state index in [4.69, 9.17) is 10.5 Å². The first-order valence-electron chi connectivity index (χ1n) is 6.23. The van der Waals surface area contributed by atoms with E-state index >= 15 is 0 Å². The largest absolute Gasteiger partial charge is 0.372 e. The molecule has 0 saturated heterocycles. The lowest BCUT2D eigenvalue weighted by Gasteiger charge is -2.24. The van der Waals surface area contributed by atoms with Crippen LogP contribution in [0.5, 0.6) is 0 Å². The van der Waals surface area contributed by atoms with Crippen molar-refractivity contribution in [2.45, 2.75) is 38.3 Å². The molecule has 2 heteroatoms. The Hall–Kier alpha value is -0.860. The second-order valence-corrected chi connectivity index (χ2v) is 4.63. The van der Waals surface area contributed by atoms with E-state index in [1.165, 1.54) is 18.4 Å². The van der Waals surface area contributed by atoms with Crippen LogP contribution in [0.3, 0.4) is 0 Å². The Balaban J connectivity index is 2.03. The molecule has 88 valence electrons. The Morgan fingerprint density at radius 1 is 1.31 bits per heavy atom. The van der Waals surface area contributed by atoms with Gasteiger partial charge in [0.05, 0.1) is 6.10 Å². The van der Waals surface area contributed by atoms with Gasteiger partial charge in [0.25, 0.3) is 0 Å². The molecule has 0 aromatic heterocycles. The molecule has 1 aliphatic carbocycles. The molecule has 0 bridgehead atoms. The average Bonchev–Trinajstić information content (AvgIpc) is 3.11. The summed E-state index contributed by atoms with van der Waals surface area (Å²) < 4.78 is 5.79. The molecule has 1 fully saturated rings. The van der Waals surface area contributed by atoms with E-state index in [0.717, 1.165) is 18.9 Å². The molecular formula is C14H21NO. The summed E-state index contributed by atoms with van der Waals surface area (Å²) in [6.07, 6.45) is 3.86. The van der Waals surface area contributed by atoms with Crippen molar-refractivity contribution in [3.05, 3.63) is 35.9 Å². The highest BCUT2D eigenvalue weighted by atomic mass is 16.5. The summed E-state index contributed by atoms with van der Waals surface area (Å²) in [4.78, 5) is 0. The molecule has 2 N–H and O–H groups in total. The summed E-state index contributed by atoms with van der Waals surface area (Å²) in [5.41, 5.74) is 7.46. The predicted molar refractivity (Wildman–Crippen MR) is 66.1 cm³/mol. The van der Waals surface area contributed by atoms with Gasteiger partial charge in [-0.3, -0.25) is 0 Å². The van der Waals surface area contributed by atoms with Gasteiger partial charge in [-0.2, -0.15) is 0 Å². The van der Waals surface area contributed by atoms with Gasteiger partial charge in [0.15, 0.2) is 0 Å². The Labute approximate surface area is 97.8 Å². The monoisotopic (exact) mass is 219 g/mol. The number of hydrogen-bond donors (Lipinski definition) is 1. The standard InChI is InChI=1S/C14H21NO/c1-2-16-14(12-6-4-3-5-7-12)13(15)10-11-8-9-11/h3-7,11,13-14H,2,8-10,15H2,1H3. The van der Waals surface area contributed by atoms with E-state index in [0.29, 0.717) is 0 Å². The summed E-state index contributed by atoms with van der Waals surface area (Å²) in [6, 6.07) is 10.5. The zero-order chi connectivity index (χ0) is 11.4. The van der Waals surface area contributed by atoms with E-state index < -0.39 is 0 Å². The molecule has 1 saturated carbocycles. The molecule has 2 rings (SSSR count).